The van der Waals surface area contributed by atoms with E-state index in [0.29, 0.717) is 39.1 Å². The van der Waals surface area contributed by atoms with E-state index < -0.39 is 26.6 Å². The molecular weight excluding hydrogens is 380 g/mol. The average Bonchev–Trinajstić information content (AvgIpc) is 2.62. The van der Waals surface area contributed by atoms with Crippen molar-refractivity contribution in [1.29, 1.82) is 0 Å². The molecule has 0 aromatic heterocycles. The number of halogens is 2. The molecule has 0 saturated carbocycles. The minimum atomic E-state index is -4.29. The molecule has 2 aliphatic rings. The molecule has 1 atom stereocenters. The predicted octanol–water partition coefficient (Wildman–Crippen LogP) is 1.12. The lowest BCUT2D eigenvalue weighted by Gasteiger charge is -2.32. The molecule has 10 heteroatoms. The Balaban J connectivity index is 1.64. The summed E-state index contributed by atoms with van der Waals surface area (Å²) in [6.45, 7) is 2.53. The zero-order valence-electron chi connectivity index (χ0n) is 14.9. The summed E-state index contributed by atoms with van der Waals surface area (Å²) in [5.41, 5.74) is 2.80. The fourth-order valence-electron chi connectivity index (χ4n) is 3.43. The minimum Gasteiger partial charge on any atom is -0.379 e. The number of hydrazine groups is 1. The van der Waals surface area contributed by atoms with Crippen LogP contribution in [0, 0.1) is 17.6 Å². The molecule has 1 amide bonds. The van der Waals surface area contributed by atoms with Crippen LogP contribution in [0.2, 0.25) is 0 Å². The second-order valence-electron chi connectivity index (χ2n) is 6.76. The van der Waals surface area contributed by atoms with Gasteiger partial charge in [0.25, 0.3) is 0 Å². The van der Waals surface area contributed by atoms with Gasteiger partial charge in [0.2, 0.25) is 15.9 Å². The Labute approximate surface area is 157 Å². The highest BCUT2D eigenvalue weighted by Crippen LogP contribution is 2.28. The van der Waals surface area contributed by atoms with Gasteiger partial charge in [-0.2, -0.15) is 4.31 Å². The van der Waals surface area contributed by atoms with Crippen molar-refractivity contribution in [2.24, 2.45) is 5.92 Å². The van der Waals surface area contributed by atoms with Crippen LogP contribution in [-0.4, -0.2) is 63.0 Å². The van der Waals surface area contributed by atoms with Crippen LogP contribution in [-0.2, 0) is 19.6 Å². The first kappa shape index (κ1) is 20.1. The van der Waals surface area contributed by atoms with Gasteiger partial charge in [-0.3, -0.25) is 10.2 Å². The Morgan fingerprint density at radius 3 is 2.52 bits per heavy atom. The number of carbonyl (C=O) groups is 1. The van der Waals surface area contributed by atoms with Crippen molar-refractivity contribution in [3.63, 3.8) is 0 Å². The van der Waals surface area contributed by atoms with Crippen LogP contribution in [0.3, 0.4) is 0 Å². The number of nitrogens with one attached hydrogen (secondary N) is 1. The molecule has 2 fully saturated rings. The molecule has 2 aliphatic heterocycles. The number of benzene rings is 1. The van der Waals surface area contributed by atoms with Crippen LogP contribution in [0.15, 0.2) is 23.1 Å². The second-order valence-corrected chi connectivity index (χ2v) is 8.64. The maximum atomic E-state index is 13.9. The lowest BCUT2D eigenvalue weighted by Crippen LogP contribution is -2.49. The summed E-state index contributed by atoms with van der Waals surface area (Å²) in [6.07, 6.45) is 1.37. The summed E-state index contributed by atoms with van der Waals surface area (Å²) in [5, 5.41) is 1.78. The first-order chi connectivity index (χ1) is 12.9. The second kappa shape index (κ2) is 8.59. The normalized spacial score (nSPS) is 22.5. The molecule has 1 aromatic carbocycles. The topological polar surface area (TPSA) is 79.0 Å². The van der Waals surface area contributed by atoms with Gasteiger partial charge in [0, 0.05) is 32.6 Å². The van der Waals surface area contributed by atoms with E-state index in [0.717, 1.165) is 22.5 Å². The highest BCUT2D eigenvalue weighted by atomic mass is 32.2. The number of sulfonamides is 1. The number of hydrogen-bond acceptors (Lipinski definition) is 5. The first-order valence-electron chi connectivity index (χ1n) is 8.94. The summed E-state index contributed by atoms with van der Waals surface area (Å²) in [7, 11) is -4.29. The number of hydrogen-bond donors (Lipinski definition) is 1. The average molecular weight is 403 g/mol. The van der Waals surface area contributed by atoms with Gasteiger partial charge in [-0.1, -0.05) is 6.07 Å². The lowest BCUT2D eigenvalue weighted by molar-refractivity contribution is -0.129. The maximum Gasteiger partial charge on any atom is 0.248 e. The quantitative estimate of drug-likeness (QED) is 0.797. The Bertz CT molecular complexity index is 764. The van der Waals surface area contributed by atoms with Gasteiger partial charge >= 0.3 is 0 Å². The van der Waals surface area contributed by atoms with Gasteiger partial charge in [-0.05, 0) is 30.9 Å². The summed E-state index contributed by atoms with van der Waals surface area (Å²) >= 11 is 0. The monoisotopic (exact) mass is 403 g/mol. The number of ether oxygens (including phenoxy) is 1. The number of morpholine rings is 1. The molecular formula is C17H23F2N3O4S. The minimum absolute atomic E-state index is 0.0621. The highest BCUT2D eigenvalue weighted by Gasteiger charge is 2.35. The Kier molecular flexibility index (Phi) is 6.40. The summed E-state index contributed by atoms with van der Waals surface area (Å²) in [6, 6.07) is 2.97. The fourth-order valence-corrected chi connectivity index (χ4v) is 5.09. The largest absolute Gasteiger partial charge is 0.379 e. The van der Waals surface area contributed by atoms with Crippen LogP contribution >= 0.6 is 0 Å². The molecule has 0 bridgehead atoms. The number of nitrogens with zero attached hydrogens (tertiary/aromatic N) is 2. The van der Waals surface area contributed by atoms with E-state index in [1.165, 1.54) is 0 Å². The van der Waals surface area contributed by atoms with E-state index in [9.17, 15) is 22.0 Å². The van der Waals surface area contributed by atoms with E-state index in [-0.39, 0.29) is 31.3 Å². The summed E-state index contributed by atoms with van der Waals surface area (Å²) in [4.78, 5) is 11.3. The molecule has 2 heterocycles. The van der Waals surface area contributed by atoms with Crippen LogP contribution in [0.1, 0.15) is 19.3 Å². The van der Waals surface area contributed by atoms with Gasteiger partial charge < -0.3 is 4.74 Å². The predicted molar refractivity (Wildman–Crippen MR) is 93.0 cm³/mol. The highest BCUT2D eigenvalue weighted by molar-refractivity contribution is 7.89. The van der Waals surface area contributed by atoms with Crippen LogP contribution in [0.5, 0.6) is 0 Å². The molecule has 0 aliphatic carbocycles. The fraction of sp³-hybridized carbons (Fsp3) is 0.588. The number of rotatable bonds is 5. The van der Waals surface area contributed by atoms with Crippen molar-refractivity contribution < 1.29 is 26.7 Å². The molecule has 27 heavy (non-hydrogen) atoms. The van der Waals surface area contributed by atoms with Gasteiger partial charge in [0.1, 0.15) is 11.6 Å². The molecule has 0 spiro atoms. The lowest BCUT2D eigenvalue weighted by atomic mass is 9.96. The molecule has 3 rings (SSSR count). The summed E-state index contributed by atoms with van der Waals surface area (Å²) in [5.74, 6) is -2.62. The third-order valence-electron chi connectivity index (χ3n) is 4.77. The van der Waals surface area contributed by atoms with Gasteiger partial charge in [0.05, 0.1) is 13.2 Å². The van der Waals surface area contributed by atoms with Crippen molar-refractivity contribution in [1.82, 2.24) is 14.7 Å². The smallest absolute Gasteiger partial charge is 0.248 e. The summed E-state index contributed by atoms with van der Waals surface area (Å²) < 4.78 is 59.6. The van der Waals surface area contributed by atoms with E-state index in [4.69, 9.17) is 4.74 Å². The van der Waals surface area contributed by atoms with E-state index >= 15 is 0 Å². The van der Waals surface area contributed by atoms with E-state index in [2.05, 4.69) is 5.43 Å². The Hall–Kier alpha value is -1.62. The standard InChI is InChI=1S/C17H23F2N3O4S/c18-14-4-1-5-15(19)17(14)27(24,25)22-6-2-3-13(12-22)11-16(23)20-21-7-9-26-10-8-21/h1,4-5,13H,2-3,6-12H2,(H,20,23). The number of amides is 1. The Morgan fingerprint density at radius 2 is 1.85 bits per heavy atom. The molecule has 150 valence electrons. The zero-order chi connectivity index (χ0) is 19.4. The number of carbonyl (C=O) groups excluding carboxylic acids is 1. The molecule has 7 nitrogen and oxygen atoms in total. The van der Waals surface area contributed by atoms with Crippen molar-refractivity contribution in [3.05, 3.63) is 29.8 Å². The van der Waals surface area contributed by atoms with Crippen LogP contribution in [0.4, 0.5) is 8.78 Å². The molecule has 1 unspecified atom stereocenters. The van der Waals surface area contributed by atoms with E-state index in [1.807, 2.05) is 0 Å². The van der Waals surface area contributed by atoms with Gasteiger partial charge in [-0.15, -0.1) is 0 Å². The third kappa shape index (κ3) is 4.81. The van der Waals surface area contributed by atoms with E-state index in [1.54, 1.807) is 5.01 Å². The van der Waals surface area contributed by atoms with Crippen molar-refractivity contribution in [2.45, 2.75) is 24.2 Å². The van der Waals surface area contributed by atoms with Crippen LogP contribution < -0.4 is 5.43 Å². The van der Waals surface area contributed by atoms with Gasteiger partial charge in [0.15, 0.2) is 4.90 Å². The van der Waals surface area contributed by atoms with Crippen LogP contribution in [0.25, 0.3) is 0 Å². The number of piperidine rings is 1. The van der Waals surface area contributed by atoms with Crippen molar-refractivity contribution >= 4 is 15.9 Å². The molecule has 1 N–H and O–H groups in total. The molecule has 2 saturated heterocycles. The molecule has 0 radical (unpaired) electrons. The SMILES string of the molecule is O=C(CC1CCCN(S(=O)(=O)c2c(F)cccc2F)C1)NN1CCOCC1. The maximum absolute atomic E-state index is 13.9. The van der Waals surface area contributed by atoms with Crippen molar-refractivity contribution in [2.75, 3.05) is 39.4 Å². The first-order valence-corrected chi connectivity index (χ1v) is 10.4. The van der Waals surface area contributed by atoms with Gasteiger partial charge in [-0.25, -0.2) is 22.2 Å². The zero-order valence-corrected chi connectivity index (χ0v) is 15.7. The Morgan fingerprint density at radius 1 is 1.19 bits per heavy atom. The molecule has 1 aromatic rings. The third-order valence-corrected chi connectivity index (χ3v) is 6.68. The van der Waals surface area contributed by atoms with Crippen molar-refractivity contribution in [3.8, 4) is 0 Å².